The summed E-state index contributed by atoms with van der Waals surface area (Å²) in [7, 11) is 0. The highest BCUT2D eigenvalue weighted by atomic mass is 16.2. The minimum Gasteiger partial charge on any atom is -0.313 e. The van der Waals surface area contributed by atoms with E-state index in [1.165, 1.54) is 17.3 Å². The van der Waals surface area contributed by atoms with Crippen LogP contribution in [-0.4, -0.2) is 20.2 Å². The molecule has 1 aliphatic rings. The van der Waals surface area contributed by atoms with Gasteiger partial charge in [0.05, 0.1) is 11.3 Å². The van der Waals surface area contributed by atoms with Crippen molar-refractivity contribution in [3.05, 3.63) is 79.8 Å². The highest BCUT2D eigenvalue weighted by Gasteiger charge is 2.40. The van der Waals surface area contributed by atoms with Crippen LogP contribution >= 0.6 is 0 Å². The van der Waals surface area contributed by atoms with Gasteiger partial charge in [-0.2, -0.15) is 5.10 Å². The highest BCUT2D eigenvalue weighted by Crippen LogP contribution is 2.55. The average Bonchev–Trinajstić information content (AvgIpc) is 3.37. The van der Waals surface area contributed by atoms with Gasteiger partial charge in [-0.25, -0.2) is 4.79 Å². The maximum Gasteiger partial charge on any atom is 0.325 e. The Kier molecular flexibility index (Phi) is 3.60. The molecule has 2 N–H and O–H groups in total. The summed E-state index contributed by atoms with van der Waals surface area (Å²) in [6, 6.07) is 10.5. The van der Waals surface area contributed by atoms with Gasteiger partial charge in [-0.15, -0.1) is 5.10 Å². The molecule has 0 spiro atoms. The van der Waals surface area contributed by atoms with Gasteiger partial charge >= 0.3 is 5.69 Å². The van der Waals surface area contributed by atoms with E-state index in [-0.39, 0.29) is 0 Å². The number of hydrogen-bond acceptors (Lipinski definition) is 4. The van der Waals surface area contributed by atoms with Crippen molar-refractivity contribution in [2.75, 3.05) is 0 Å². The van der Waals surface area contributed by atoms with Crippen LogP contribution in [0.5, 0.6) is 0 Å². The molecule has 0 unspecified atom stereocenters. The van der Waals surface area contributed by atoms with E-state index in [4.69, 9.17) is 0 Å². The van der Waals surface area contributed by atoms with Crippen LogP contribution in [0.4, 0.5) is 0 Å². The Balaban J connectivity index is 1.68. The second-order valence-electron chi connectivity index (χ2n) is 6.62. The van der Waals surface area contributed by atoms with Crippen molar-refractivity contribution < 1.29 is 0 Å². The SMILES string of the molecule is Cc1ccc([C@H]2C[C@@H]2c2cc(-c3c[nH]c(=O)[nH]c3=O)nnc2C)cc1. The molecule has 0 aliphatic heterocycles. The summed E-state index contributed by atoms with van der Waals surface area (Å²) in [5, 5.41) is 8.35. The second-order valence-corrected chi connectivity index (χ2v) is 6.62. The Hall–Kier alpha value is -3.02. The zero-order chi connectivity index (χ0) is 17.6. The quantitative estimate of drug-likeness (QED) is 0.769. The molecule has 2 aromatic heterocycles. The van der Waals surface area contributed by atoms with E-state index >= 15 is 0 Å². The summed E-state index contributed by atoms with van der Waals surface area (Å²) in [4.78, 5) is 27.9. The lowest BCUT2D eigenvalue weighted by atomic mass is 10.0. The lowest BCUT2D eigenvalue weighted by molar-refractivity contribution is 0.911. The summed E-state index contributed by atoms with van der Waals surface area (Å²) in [6.45, 7) is 4.02. The maximum atomic E-state index is 12.0. The van der Waals surface area contributed by atoms with Crippen molar-refractivity contribution in [1.29, 1.82) is 0 Å². The van der Waals surface area contributed by atoms with Crippen LogP contribution in [0, 0.1) is 13.8 Å². The molecule has 6 heteroatoms. The number of H-pyrrole nitrogens is 2. The number of nitrogens with zero attached hydrogens (tertiary/aromatic N) is 2. The molecule has 0 amide bonds. The third kappa shape index (κ3) is 2.91. The van der Waals surface area contributed by atoms with E-state index in [0.29, 0.717) is 23.1 Å². The first kappa shape index (κ1) is 15.5. The Morgan fingerprint density at radius 3 is 2.52 bits per heavy atom. The van der Waals surface area contributed by atoms with Crippen LogP contribution in [0.3, 0.4) is 0 Å². The predicted octanol–water partition coefficient (Wildman–Crippen LogP) is 2.41. The lowest BCUT2D eigenvalue weighted by Gasteiger charge is -2.07. The van der Waals surface area contributed by atoms with Crippen LogP contribution in [0.1, 0.15) is 40.6 Å². The van der Waals surface area contributed by atoms with E-state index in [2.05, 4.69) is 51.4 Å². The zero-order valence-corrected chi connectivity index (χ0v) is 14.0. The largest absolute Gasteiger partial charge is 0.325 e. The van der Waals surface area contributed by atoms with Crippen molar-refractivity contribution in [2.45, 2.75) is 32.1 Å². The zero-order valence-electron chi connectivity index (χ0n) is 14.0. The van der Waals surface area contributed by atoms with E-state index in [1.807, 2.05) is 13.0 Å². The Bertz CT molecular complexity index is 1050. The molecule has 4 rings (SSSR count). The summed E-state index contributed by atoms with van der Waals surface area (Å²) < 4.78 is 0. The minimum atomic E-state index is -0.532. The molecule has 2 atom stereocenters. The molecular formula is C19H18N4O2. The molecular weight excluding hydrogens is 316 g/mol. The number of aromatic nitrogens is 4. The molecule has 0 radical (unpaired) electrons. The Morgan fingerprint density at radius 1 is 1.04 bits per heavy atom. The molecule has 25 heavy (non-hydrogen) atoms. The van der Waals surface area contributed by atoms with Crippen LogP contribution in [0.2, 0.25) is 0 Å². The van der Waals surface area contributed by atoms with Gasteiger partial charge in [0.2, 0.25) is 0 Å². The molecule has 1 saturated carbocycles. The van der Waals surface area contributed by atoms with Crippen molar-refractivity contribution in [3.8, 4) is 11.3 Å². The van der Waals surface area contributed by atoms with Crippen LogP contribution in [0.25, 0.3) is 11.3 Å². The fourth-order valence-electron chi connectivity index (χ4n) is 3.29. The Morgan fingerprint density at radius 2 is 1.80 bits per heavy atom. The molecule has 6 nitrogen and oxygen atoms in total. The van der Waals surface area contributed by atoms with Gasteiger partial charge in [-0.05, 0) is 49.3 Å². The molecule has 2 heterocycles. The highest BCUT2D eigenvalue weighted by molar-refractivity contribution is 5.58. The lowest BCUT2D eigenvalue weighted by Crippen LogP contribution is -2.23. The standard InChI is InChI=1S/C19H18N4O2/c1-10-3-5-12(6-4-10)14-7-15(14)13-8-17(23-22-11(13)2)16-9-20-19(25)21-18(16)24/h3-6,8-9,14-15H,7H2,1-2H3,(H2,20,21,24,25)/t14-,15-/m1/s1. The van der Waals surface area contributed by atoms with Gasteiger partial charge in [-0.3, -0.25) is 9.78 Å². The molecule has 126 valence electrons. The fraction of sp³-hybridized carbons (Fsp3) is 0.263. The van der Waals surface area contributed by atoms with Gasteiger partial charge in [0.15, 0.2) is 0 Å². The number of aryl methyl sites for hydroxylation is 2. The van der Waals surface area contributed by atoms with Crippen LogP contribution in [0.15, 0.2) is 46.1 Å². The van der Waals surface area contributed by atoms with Gasteiger partial charge in [0, 0.05) is 6.20 Å². The number of aromatic amines is 2. The number of hydrogen-bond donors (Lipinski definition) is 2. The first-order valence-corrected chi connectivity index (χ1v) is 8.26. The minimum absolute atomic E-state index is 0.320. The van der Waals surface area contributed by atoms with Crippen molar-refractivity contribution in [1.82, 2.24) is 20.2 Å². The summed E-state index contributed by atoms with van der Waals surface area (Å²) in [6.07, 6.45) is 2.45. The molecule has 1 aromatic carbocycles. The third-order valence-corrected chi connectivity index (χ3v) is 4.81. The van der Waals surface area contributed by atoms with Gasteiger partial charge in [0.1, 0.15) is 5.69 Å². The van der Waals surface area contributed by atoms with E-state index in [9.17, 15) is 9.59 Å². The predicted molar refractivity (Wildman–Crippen MR) is 94.7 cm³/mol. The average molecular weight is 334 g/mol. The molecule has 3 aromatic rings. The van der Waals surface area contributed by atoms with Gasteiger partial charge < -0.3 is 4.98 Å². The van der Waals surface area contributed by atoms with Crippen molar-refractivity contribution in [2.24, 2.45) is 0 Å². The topological polar surface area (TPSA) is 91.5 Å². The molecule has 0 saturated heterocycles. The van der Waals surface area contributed by atoms with E-state index < -0.39 is 11.2 Å². The third-order valence-electron chi connectivity index (χ3n) is 4.81. The summed E-state index contributed by atoms with van der Waals surface area (Å²) in [5.74, 6) is 0.865. The van der Waals surface area contributed by atoms with Crippen molar-refractivity contribution >= 4 is 0 Å². The number of nitrogens with one attached hydrogen (secondary N) is 2. The first-order valence-electron chi connectivity index (χ1n) is 8.26. The number of benzene rings is 1. The Labute approximate surface area is 144 Å². The van der Waals surface area contributed by atoms with Gasteiger partial charge in [0.25, 0.3) is 5.56 Å². The fourth-order valence-corrected chi connectivity index (χ4v) is 3.29. The smallest absolute Gasteiger partial charge is 0.313 e. The molecule has 0 bridgehead atoms. The number of rotatable bonds is 3. The van der Waals surface area contributed by atoms with E-state index in [0.717, 1.165) is 17.7 Å². The normalized spacial score (nSPS) is 19.0. The maximum absolute atomic E-state index is 12.0. The van der Waals surface area contributed by atoms with Crippen LogP contribution in [-0.2, 0) is 0 Å². The summed E-state index contributed by atoms with van der Waals surface area (Å²) >= 11 is 0. The van der Waals surface area contributed by atoms with E-state index in [1.54, 1.807) is 0 Å². The summed E-state index contributed by atoms with van der Waals surface area (Å²) in [5.41, 5.74) is 4.38. The first-order chi connectivity index (χ1) is 12.0. The second kappa shape index (κ2) is 5.81. The van der Waals surface area contributed by atoms with Gasteiger partial charge in [-0.1, -0.05) is 29.8 Å². The molecule has 1 aliphatic carbocycles. The van der Waals surface area contributed by atoms with Crippen LogP contribution < -0.4 is 11.2 Å². The monoisotopic (exact) mass is 334 g/mol. The van der Waals surface area contributed by atoms with Crippen molar-refractivity contribution in [3.63, 3.8) is 0 Å². The molecule has 1 fully saturated rings.